The molecule has 0 bridgehead atoms. The van der Waals surface area contributed by atoms with E-state index in [9.17, 15) is 17.6 Å². The van der Waals surface area contributed by atoms with E-state index in [0.717, 1.165) is 11.1 Å². The van der Waals surface area contributed by atoms with Gasteiger partial charge in [-0.25, -0.2) is 12.8 Å². The van der Waals surface area contributed by atoms with E-state index in [1.807, 2.05) is 24.3 Å². The lowest BCUT2D eigenvalue weighted by Gasteiger charge is -2.25. The van der Waals surface area contributed by atoms with Crippen molar-refractivity contribution in [2.45, 2.75) is 19.3 Å². The molecule has 2 aliphatic rings. The van der Waals surface area contributed by atoms with Gasteiger partial charge in [-0.3, -0.25) is 4.79 Å². The molecule has 1 saturated heterocycles. The summed E-state index contributed by atoms with van der Waals surface area (Å²) in [5.74, 6) is -0.953. The zero-order chi connectivity index (χ0) is 20.4. The summed E-state index contributed by atoms with van der Waals surface area (Å²) in [5, 5.41) is 0. The second-order valence-corrected chi connectivity index (χ2v) is 9.33. The van der Waals surface area contributed by atoms with Crippen molar-refractivity contribution in [3.63, 3.8) is 0 Å². The van der Waals surface area contributed by atoms with Crippen molar-refractivity contribution in [3.8, 4) is 0 Å². The van der Waals surface area contributed by atoms with Gasteiger partial charge in [0.2, 0.25) is 10.0 Å². The zero-order valence-electron chi connectivity index (χ0n) is 16.1. The number of aryl methyl sites for hydroxylation is 1. The van der Waals surface area contributed by atoms with Crippen LogP contribution in [0.1, 0.15) is 34.3 Å². The van der Waals surface area contributed by atoms with Gasteiger partial charge in [-0.05, 0) is 48.6 Å². The normalized spacial score (nSPS) is 18.0. The number of carbonyl (C=O) groups excluding carboxylic acids is 1. The Bertz CT molecular complexity index is 1070. The highest BCUT2D eigenvalue weighted by Crippen LogP contribution is 2.29. The summed E-state index contributed by atoms with van der Waals surface area (Å²) in [6.45, 7) is 1.21. The number of hydrogen-bond donors (Lipinski definition) is 0. The Morgan fingerprint density at radius 1 is 0.897 bits per heavy atom. The third-order valence-electron chi connectivity index (χ3n) is 5.53. The number of amides is 1. The van der Waals surface area contributed by atoms with E-state index in [0.29, 0.717) is 37.3 Å². The summed E-state index contributed by atoms with van der Waals surface area (Å²) in [5.41, 5.74) is 2.13. The molecule has 4 rings (SSSR count). The fourth-order valence-electron chi connectivity index (χ4n) is 3.92. The van der Waals surface area contributed by atoms with Crippen LogP contribution >= 0.6 is 0 Å². The third kappa shape index (κ3) is 3.97. The summed E-state index contributed by atoms with van der Waals surface area (Å²) in [4.78, 5) is 14.6. The summed E-state index contributed by atoms with van der Waals surface area (Å²) in [6, 6.07) is 13.7. The fourth-order valence-corrected chi connectivity index (χ4v) is 5.58. The molecular weight excluding hydrogens is 391 g/mol. The molecule has 0 saturated carbocycles. The Labute approximate surface area is 170 Å². The first-order chi connectivity index (χ1) is 14.0. The first-order valence-corrected chi connectivity index (χ1v) is 11.2. The van der Waals surface area contributed by atoms with Crippen LogP contribution in [0, 0.1) is 5.82 Å². The van der Waals surface area contributed by atoms with Crippen LogP contribution in [0.4, 0.5) is 4.39 Å². The van der Waals surface area contributed by atoms with Crippen LogP contribution in [0.25, 0.3) is 6.08 Å². The van der Waals surface area contributed by atoms with Gasteiger partial charge in [0.1, 0.15) is 5.82 Å². The van der Waals surface area contributed by atoms with Crippen LogP contribution in [0.5, 0.6) is 0 Å². The Morgan fingerprint density at radius 3 is 2.48 bits per heavy atom. The average molecular weight is 415 g/mol. The van der Waals surface area contributed by atoms with Gasteiger partial charge in [0.25, 0.3) is 5.91 Å². The van der Waals surface area contributed by atoms with Crippen LogP contribution < -0.4 is 0 Å². The van der Waals surface area contributed by atoms with E-state index in [1.165, 1.54) is 16.4 Å². The molecule has 1 amide bonds. The first-order valence-electron chi connectivity index (χ1n) is 9.79. The van der Waals surface area contributed by atoms with Crippen LogP contribution in [0.2, 0.25) is 0 Å². The van der Waals surface area contributed by atoms with Crippen LogP contribution in [0.15, 0.2) is 53.4 Å². The minimum atomic E-state index is -3.59. The molecule has 1 heterocycles. The minimum absolute atomic E-state index is 0.0235. The smallest absolute Gasteiger partial charge is 0.256 e. The molecule has 7 heteroatoms. The van der Waals surface area contributed by atoms with E-state index >= 15 is 0 Å². The quantitative estimate of drug-likeness (QED) is 0.775. The van der Waals surface area contributed by atoms with E-state index in [4.69, 9.17) is 0 Å². The number of fused-ring (bicyclic) bond motifs is 1. The predicted octanol–water partition coefficient (Wildman–Crippen LogP) is 3.29. The Hall–Kier alpha value is -2.51. The van der Waals surface area contributed by atoms with Crippen LogP contribution in [-0.4, -0.2) is 49.7 Å². The van der Waals surface area contributed by atoms with E-state index in [-0.39, 0.29) is 18.7 Å². The molecular formula is C22H23FN2O3S. The van der Waals surface area contributed by atoms with Gasteiger partial charge in [0.05, 0.1) is 10.5 Å². The maximum Gasteiger partial charge on any atom is 0.256 e. The highest BCUT2D eigenvalue weighted by Gasteiger charge is 2.31. The van der Waals surface area contributed by atoms with Gasteiger partial charge < -0.3 is 4.90 Å². The average Bonchev–Trinajstić information content (AvgIpc) is 3.00. The van der Waals surface area contributed by atoms with Crippen molar-refractivity contribution in [1.82, 2.24) is 9.21 Å². The second-order valence-electron chi connectivity index (χ2n) is 7.34. The Kier molecular flexibility index (Phi) is 5.52. The second kappa shape index (κ2) is 8.08. The maximum absolute atomic E-state index is 14.0. The number of sulfonamides is 1. The van der Waals surface area contributed by atoms with Crippen LogP contribution in [0.3, 0.4) is 0 Å². The van der Waals surface area contributed by atoms with E-state index in [2.05, 4.69) is 0 Å². The molecule has 2 aromatic rings. The molecule has 0 radical (unpaired) electrons. The predicted molar refractivity (Wildman–Crippen MR) is 110 cm³/mol. The number of benzene rings is 2. The summed E-state index contributed by atoms with van der Waals surface area (Å²) < 4.78 is 41.8. The van der Waals surface area contributed by atoms with Gasteiger partial charge in [-0.2, -0.15) is 4.31 Å². The highest BCUT2D eigenvalue weighted by molar-refractivity contribution is 7.93. The maximum atomic E-state index is 14.0. The lowest BCUT2D eigenvalue weighted by molar-refractivity contribution is 0.0759. The minimum Gasteiger partial charge on any atom is -0.337 e. The van der Waals surface area contributed by atoms with Crippen molar-refractivity contribution < 1.29 is 17.6 Å². The van der Waals surface area contributed by atoms with Crippen molar-refractivity contribution in [1.29, 1.82) is 0 Å². The molecule has 0 spiro atoms. The van der Waals surface area contributed by atoms with Gasteiger partial charge in [-0.15, -0.1) is 0 Å². The Morgan fingerprint density at radius 2 is 1.66 bits per heavy atom. The largest absolute Gasteiger partial charge is 0.337 e. The molecule has 5 nitrogen and oxygen atoms in total. The molecule has 0 N–H and O–H groups in total. The zero-order valence-corrected chi connectivity index (χ0v) is 16.9. The molecule has 0 aromatic heterocycles. The molecule has 1 aliphatic carbocycles. The molecule has 0 unspecified atom stereocenters. The lowest BCUT2D eigenvalue weighted by atomic mass is 9.98. The molecule has 1 fully saturated rings. The molecule has 2 aromatic carbocycles. The van der Waals surface area contributed by atoms with Crippen molar-refractivity contribution in [3.05, 3.63) is 75.9 Å². The third-order valence-corrected chi connectivity index (χ3v) is 7.56. The van der Waals surface area contributed by atoms with Crippen molar-refractivity contribution >= 4 is 22.0 Å². The van der Waals surface area contributed by atoms with Gasteiger partial charge >= 0.3 is 0 Å². The fraction of sp³-hybridized carbons (Fsp3) is 0.318. The standard InChI is InChI=1S/C22H23FN2O3S/c23-21-9-4-3-8-20(21)22(26)24-12-5-13-25(15-14-24)29(27,28)19-11-10-17-6-1-2-7-18(17)16-19/h1-4,6-9,16H,5,10-15H2. The summed E-state index contributed by atoms with van der Waals surface area (Å²) >= 11 is 0. The van der Waals surface area contributed by atoms with Crippen LogP contribution in [-0.2, 0) is 16.4 Å². The number of allylic oxidation sites excluding steroid dienone is 1. The number of hydrogen-bond acceptors (Lipinski definition) is 3. The van der Waals surface area contributed by atoms with Gasteiger partial charge in [-0.1, -0.05) is 36.4 Å². The highest BCUT2D eigenvalue weighted by atomic mass is 32.2. The first kappa shape index (κ1) is 19.8. The SMILES string of the molecule is O=C(c1ccccc1F)N1CCCN(S(=O)(=O)C2=Cc3ccccc3CC2)CC1. The molecule has 0 atom stereocenters. The molecule has 152 valence electrons. The van der Waals surface area contributed by atoms with Gasteiger partial charge in [0, 0.05) is 26.2 Å². The van der Waals surface area contributed by atoms with Gasteiger partial charge in [0.15, 0.2) is 0 Å². The Balaban J connectivity index is 1.50. The number of rotatable bonds is 3. The monoisotopic (exact) mass is 414 g/mol. The lowest BCUT2D eigenvalue weighted by Crippen LogP contribution is -2.38. The topological polar surface area (TPSA) is 57.7 Å². The molecule has 1 aliphatic heterocycles. The number of nitrogens with zero attached hydrogens (tertiary/aromatic N) is 2. The summed E-state index contributed by atoms with van der Waals surface area (Å²) in [6.07, 6.45) is 3.46. The number of halogens is 1. The van der Waals surface area contributed by atoms with E-state index in [1.54, 1.807) is 23.1 Å². The molecule has 29 heavy (non-hydrogen) atoms. The number of carbonyl (C=O) groups is 1. The summed E-state index contributed by atoms with van der Waals surface area (Å²) in [7, 11) is -3.59. The van der Waals surface area contributed by atoms with Crippen molar-refractivity contribution in [2.24, 2.45) is 0 Å². The van der Waals surface area contributed by atoms with Crippen molar-refractivity contribution in [2.75, 3.05) is 26.2 Å². The van der Waals surface area contributed by atoms with E-state index < -0.39 is 21.7 Å².